The third kappa shape index (κ3) is 2.18. The molecule has 1 rings (SSSR count). The molecule has 5 heteroatoms. The van der Waals surface area contributed by atoms with Gasteiger partial charge in [-0.05, 0) is 10.9 Å². The molecule has 11 heavy (non-hydrogen) atoms. The molecule has 0 heterocycles. The van der Waals surface area contributed by atoms with E-state index in [0.717, 1.165) is 4.48 Å². The van der Waals surface area contributed by atoms with Crippen LogP contribution in [0.25, 0.3) is 0 Å². The maximum atomic E-state index is 8.96. The Hall–Kier alpha value is 0.425. The van der Waals surface area contributed by atoms with Gasteiger partial charge >= 0.3 is 7.12 Å². The van der Waals surface area contributed by atoms with Gasteiger partial charge in [-0.1, -0.05) is 50.1 Å². The largest absolute Gasteiger partial charge is 0.473 e. The second kappa shape index (κ2) is 3.43. The summed E-state index contributed by atoms with van der Waals surface area (Å²) in [6.07, 6.45) is 5.94. The van der Waals surface area contributed by atoms with Crippen LogP contribution in [-0.2, 0) is 0 Å². The van der Waals surface area contributed by atoms with E-state index in [1.54, 1.807) is 12.2 Å². The number of alkyl halides is 1. The number of rotatable bonds is 1. The fraction of sp³-hybridized carbons (Fsp3) is 0.333. The molecule has 2 N–H and O–H groups in total. The molecule has 0 aromatic rings. The Morgan fingerprint density at radius 1 is 1.55 bits per heavy atom. The molecular weight excluding hydrogens is 275 g/mol. The lowest BCUT2D eigenvalue weighted by Crippen LogP contribution is -2.39. The number of allylic oxidation sites excluding steroid dienone is 4. The van der Waals surface area contributed by atoms with E-state index >= 15 is 0 Å². The molecule has 0 radical (unpaired) electrons. The highest BCUT2D eigenvalue weighted by Crippen LogP contribution is 2.34. The van der Waals surface area contributed by atoms with Crippen molar-refractivity contribution in [2.45, 2.75) is 10.6 Å². The van der Waals surface area contributed by atoms with Crippen molar-refractivity contribution in [2.24, 2.45) is 0 Å². The molecule has 0 amide bonds. The molecule has 0 aromatic carbocycles. The van der Waals surface area contributed by atoms with E-state index < -0.39 is 11.3 Å². The van der Waals surface area contributed by atoms with Crippen molar-refractivity contribution < 1.29 is 10.0 Å². The highest BCUT2D eigenvalue weighted by molar-refractivity contribution is 9.12. The third-order valence-electron chi connectivity index (χ3n) is 1.52. The molecular formula is C6H7BBr2O2. The van der Waals surface area contributed by atoms with Gasteiger partial charge in [-0.15, -0.1) is 0 Å². The smallest absolute Gasteiger partial charge is 0.426 e. The highest BCUT2D eigenvalue weighted by atomic mass is 79.9. The van der Waals surface area contributed by atoms with Gasteiger partial charge in [0.15, 0.2) is 0 Å². The lowest BCUT2D eigenvalue weighted by molar-refractivity contribution is 0.390. The van der Waals surface area contributed by atoms with E-state index in [0.29, 0.717) is 6.42 Å². The maximum absolute atomic E-state index is 8.96. The van der Waals surface area contributed by atoms with Gasteiger partial charge in [-0.2, -0.15) is 0 Å². The van der Waals surface area contributed by atoms with Gasteiger partial charge in [0.25, 0.3) is 0 Å². The predicted molar refractivity (Wildman–Crippen MR) is 52.6 cm³/mol. The van der Waals surface area contributed by atoms with Crippen molar-refractivity contribution >= 4 is 39.0 Å². The molecule has 0 aromatic heterocycles. The van der Waals surface area contributed by atoms with E-state index in [2.05, 4.69) is 31.9 Å². The zero-order chi connectivity index (χ0) is 8.48. The van der Waals surface area contributed by atoms with Gasteiger partial charge in [0.2, 0.25) is 0 Å². The van der Waals surface area contributed by atoms with Crippen LogP contribution in [-0.4, -0.2) is 21.4 Å². The summed E-state index contributed by atoms with van der Waals surface area (Å²) in [4.78, 5) is 0. The summed E-state index contributed by atoms with van der Waals surface area (Å²) < 4.78 is 0.227. The molecule has 0 saturated carbocycles. The summed E-state index contributed by atoms with van der Waals surface area (Å²) in [6.45, 7) is 0. The Morgan fingerprint density at radius 3 is 2.55 bits per heavy atom. The van der Waals surface area contributed by atoms with Crippen LogP contribution < -0.4 is 0 Å². The standard InChI is InChI=1S/C6H7BBr2O2/c8-5-2-1-3-6(9,4-5)7(10)11/h1-3,10-11H,4H2. The fourth-order valence-corrected chi connectivity index (χ4v) is 2.31. The van der Waals surface area contributed by atoms with Gasteiger partial charge < -0.3 is 10.0 Å². The average molecular weight is 282 g/mol. The SMILES string of the molecule is OB(O)C1(Br)C=CC=C(Br)C1. The Morgan fingerprint density at radius 2 is 2.18 bits per heavy atom. The zero-order valence-corrected chi connectivity index (χ0v) is 8.84. The predicted octanol–water partition coefficient (Wildman–Crippen LogP) is 1.37. The Labute approximate surface area is 82.4 Å². The Kier molecular flexibility index (Phi) is 2.97. The van der Waals surface area contributed by atoms with Gasteiger partial charge in [-0.25, -0.2) is 0 Å². The van der Waals surface area contributed by atoms with E-state index in [-0.39, 0.29) is 0 Å². The summed E-state index contributed by atoms with van der Waals surface area (Å²) in [5, 5.41) is 17.9. The first-order chi connectivity index (χ1) is 5.04. The van der Waals surface area contributed by atoms with Crippen molar-refractivity contribution in [3.8, 4) is 0 Å². The molecule has 0 saturated heterocycles. The second-order valence-corrected chi connectivity index (χ2v) is 4.94. The van der Waals surface area contributed by atoms with E-state index in [4.69, 9.17) is 10.0 Å². The number of halogens is 2. The topological polar surface area (TPSA) is 40.5 Å². The molecule has 1 atom stereocenters. The van der Waals surface area contributed by atoms with Gasteiger partial charge in [-0.3, -0.25) is 0 Å². The lowest BCUT2D eigenvalue weighted by Gasteiger charge is -2.24. The first kappa shape index (κ1) is 9.51. The van der Waals surface area contributed by atoms with Gasteiger partial charge in [0.05, 0.1) is 4.22 Å². The second-order valence-electron chi connectivity index (χ2n) is 2.45. The van der Waals surface area contributed by atoms with Crippen LogP contribution in [0.15, 0.2) is 22.7 Å². The van der Waals surface area contributed by atoms with Crippen molar-refractivity contribution in [3.05, 3.63) is 22.7 Å². The quantitative estimate of drug-likeness (QED) is 0.563. The van der Waals surface area contributed by atoms with Crippen LogP contribution >= 0.6 is 31.9 Å². The third-order valence-corrected chi connectivity index (χ3v) is 3.02. The Balaban J connectivity index is 2.78. The maximum Gasteiger partial charge on any atom is 0.473 e. The molecule has 60 valence electrons. The van der Waals surface area contributed by atoms with Crippen LogP contribution in [0, 0.1) is 0 Å². The van der Waals surface area contributed by atoms with E-state index in [9.17, 15) is 0 Å². The summed E-state index contributed by atoms with van der Waals surface area (Å²) >= 11 is 6.53. The normalized spacial score (nSPS) is 30.0. The molecule has 2 nitrogen and oxygen atoms in total. The van der Waals surface area contributed by atoms with Crippen molar-refractivity contribution in [3.63, 3.8) is 0 Å². The minimum Gasteiger partial charge on any atom is -0.426 e. The number of hydrogen-bond acceptors (Lipinski definition) is 2. The van der Waals surface area contributed by atoms with Crippen LogP contribution in [0.5, 0.6) is 0 Å². The zero-order valence-electron chi connectivity index (χ0n) is 5.67. The molecule has 1 unspecified atom stereocenters. The summed E-state index contributed by atoms with van der Waals surface area (Å²) in [6, 6.07) is 0. The van der Waals surface area contributed by atoms with Crippen LogP contribution in [0.3, 0.4) is 0 Å². The van der Waals surface area contributed by atoms with Gasteiger partial charge in [0, 0.05) is 0 Å². The molecule has 0 spiro atoms. The molecule has 0 aliphatic heterocycles. The summed E-state index contributed by atoms with van der Waals surface area (Å²) in [7, 11) is -1.38. The van der Waals surface area contributed by atoms with E-state index in [1.807, 2.05) is 6.08 Å². The van der Waals surface area contributed by atoms with Crippen LogP contribution in [0.1, 0.15) is 6.42 Å². The monoisotopic (exact) mass is 280 g/mol. The van der Waals surface area contributed by atoms with Crippen LogP contribution in [0.4, 0.5) is 0 Å². The van der Waals surface area contributed by atoms with E-state index in [1.165, 1.54) is 0 Å². The molecule has 0 bridgehead atoms. The minimum atomic E-state index is -1.38. The summed E-state index contributed by atoms with van der Waals surface area (Å²) in [5.74, 6) is 0. The molecule has 0 fully saturated rings. The first-order valence-electron chi connectivity index (χ1n) is 3.13. The summed E-state index contributed by atoms with van der Waals surface area (Å²) in [5.41, 5.74) is 0. The first-order valence-corrected chi connectivity index (χ1v) is 4.72. The molecule has 1 aliphatic rings. The number of hydrogen-bond donors (Lipinski definition) is 2. The van der Waals surface area contributed by atoms with Gasteiger partial charge in [0.1, 0.15) is 0 Å². The lowest BCUT2D eigenvalue weighted by atomic mass is 9.69. The average Bonchev–Trinajstić information content (AvgIpc) is 1.86. The van der Waals surface area contributed by atoms with Crippen molar-refractivity contribution in [1.82, 2.24) is 0 Å². The fourth-order valence-electron chi connectivity index (χ4n) is 0.867. The minimum absolute atomic E-state index is 0.557. The van der Waals surface area contributed by atoms with Crippen molar-refractivity contribution in [2.75, 3.05) is 0 Å². The Bertz CT molecular complexity index is 215. The highest BCUT2D eigenvalue weighted by Gasteiger charge is 2.38. The van der Waals surface area contributed by atoms with Crippen molar-refractivity contribution in [1.29, 1.82) is 0 Å². The molecule has 1 aliphatic carbocycles. The van der Waals surface area contributed by atoms with Crippen LogP contribution in [0.2, 0.25) is 0 Å².